The largest absolute Gasteiger partial charge is 0.382 e. The van der Waals surface area contributed by atoms with Gasteiger partial charge in [0.05, 0.1) is 6.10 Å². The van der Waals surface area contributed by atoms with Gasteiger partial charge in [0.25, 0.3) is 0 Å². The Labute approximate surface area is 130 Å². The Bertz CT molecular complexity index is 778. The number of thioether (sulfide) groups is 1. The number of anilines is 1. The summed E-state index contributed by atoms with van der Waals surface area (Å²) in [5, 5.41) is 0.835. The third kappa shape index (κ3) is 1.62. The molecule has 8 nitrogen and oxygen atoms in total. The topological polar surface area (TPSA) is 97.3 Å². The molecule has 3 aliphatic heterocycles. The highest BCUT2D eigenvalue weighted by Crippen LogP contribution is 2.48. The van der Waals surface area contributed by atoms with Crippen LogP contribution in [0.4, 0.5) is 5.82 Å². The molecule has 9 heteroatoms. The van der Waals surface area contributed by atoms with Gasteiger partial charge in [-0.1, -0.05) is 11.8 Å². The van der Waals surface area contributed by atoms with E-state index in [1.165, 1.54) is 6.33 Å². The van der Waals surface area contributed by atoms with Gasteiger partial charge in [-0.3, -0.25) is 4.57 Å². The fourth-order valence-corrected chi connectivity index (χ4v) is 4.46. The lowest BCUT2D eigenvalue weighted by Crippen LogP contribution is -2.32. The molecule has 0 unspecified atom stereocenters. The monoisotopic (exact) mass is 321 g/mol. The highest BCUT2D eigenvalue weighted by molar-refractivity contribution is 7.99. The van der Waals surface area contributed by atoms with Gasteiger partial charge in [0.1, 0.15) is 18.5 Å². The zero-order valence-electron chi connectivity index (χ0n) is 12.1. The molecule has 2 fully saturated rings. The highest BCUT2D eigenvalue weighted by Gasteiger charge is 2.57. The molecular weight excluding hydrogens is 306 g/mol. The normalized spacial score (nSPS) is 35.4. The van der Waals surface area contributed by atoms with Gasteiger partial charge in [0, 0.05) is 5.75 Å². The summed E-state index contributed by atoms with van der Waals surface area (Å²) in [6.45, 7) is 3.86. The van der Waals surface area contributed by atoms with Crippen molar-refractivity contribution in [3.63, 3.8) is 0 Å². The van der Waals surface area contributed by atoms with Gasteiger partial charge in [-0.25, -0.2) is 15.0 Å². The van der Waals surface area contributed by atoms with Gasteiger partial charge in [-0.05, 0) is 13.8 Å². The van der Waals surface area contributed by atoms with E-state index in [2.05, 4.69) is 15.0 Å². The molecule has 2 bridgehead atoms. The molecule has 0 spiro atoms. The van der Waals surface area contributed by atoms with E-state index in [0.29, 0.717) is 17.0 Å². The summed E-state index contributed by atoms with van der Waals surface area (Å²) in [5.41, 5.74) is 7.20. The lowest BCUT2D eigenvalue weighted by Gasteiger charge is -2.23. The smallest absolute Gasteiger partial charge is 0.172 e. The molecule has 3 aliphatic rings. The molecule has 0 radical (unpaired) electrons. The van der Waals surface area contributed by atoms with E-state index >= 15 is 0 Å². The molecule has 5 rings (SSSR count). The summed E-state index contributed by atoms with van der Waals surface area (Å²) < 4.78 is 20.2. The van der Waals surface area contributed by atoms with E-state index in [1.807, 2.05) is 18.4 Å². The Morgan fingerprint density at radius 1 is 1.32 bits per heavy atom. The minimum absolute atomic E-state index is 0.0160. The predicted molar refractivity (Wildman–Crippen MR) is 78.2 cm³/mol. The number of aromatic nitrogens is 4. The van der Waals surface area contributed by atoms with Gasteiger partial charge >= 0.3 is 0 Å². The van der Waals surface area contributed by atoms with E-state index in [9.17, 15) is 0 Å². The summed E-state index contributed by atoms with van der Waals surface area (Å²) in [5.74, 6) is 0.532. The van der Waals surface area contributed by atoms with E-state index in [4.69, 9.17) is 19.9 Å². The number of nitrogens with zero attached hydrogens (tertiary/aromatic N) is 4. The molecule has 0 amide bonds. The van der Waals surface area contributed by atoms with Crippen LogP contribution in [-0.2, 0) is 14.2 Å². The molecule has 2 N–H and O–H groups in total. The third-order valence-electron chi connectivity index (χ3n) is 4.23. The van der Waals surface area contributed by atoms with Crippen LogP contribution in [0.1, 0.15) is 20.1 Å². The Kier molecular flexibility index (Phi) is 2.44. The Hall–Kier alpha value is -1.42. The molecule has 0 saturated carbocycles. The van der Waals surface area contributed by atoms with Crippen molar-refractivity contribution in [3.05, 3.63) is 6.33 Å². The fourth-order valence-electron chi connectivity index (χ4n) is 3.40. The fraction of sp³-hybridized carbons (Fsp3) is 0.615. The zero-order valence-corrected chi connectivity index (χ0v) is 12.9. The van der Waals surface area contributed by atoms with Crippen LogP contribution in [0, 0.1) is 0 Å². The van der Waals surface area contributed by atoms with Crippen molar-refractivity contribution < 1.29 is 14.2 Å². The van der Waals surface area contributed by atoms with Crippen molar-refractivity contribution in [2.75, 3.05) is 11.5 Å². The number of fused-ring (bicyclic) bond motifs is 9. The highest BCUT2D eigenvalue weighted by atomic mass is 32.2. The van der Waals surface area contributed by atoms with Gasteiger partial charge < -0.3 is 19.9 Å². The Morgan fingerprint density at radius 2 is 2.14 bits per heavy atom. The minimum Gasteiger partial charge on any atom is -0.382 e. The first-order valence-corrected chi connectivity index (χ1v) is 8.14. The van der Waals surface area contributed by atoms with Crippen molar-refractivity contribution in [2.45, 2.75) is 49.3 Å². The van der Waals surface area contributed by atoms with E-state index in [-0.39, 0.29) is 24.5 Å². The van der Waals surface area contributed by atoms with Crippen LogP contribution >= 0.6 is 11.8 Å². The van der Waals surface area contributed by atoms with Gasteiger partial charge in [0.15, 0.2) is 34.2 Å². The van der Waals surface area contributed by atoms with Crippen molar-refractivity contribution in [3.8, 4) is 0 Å². The number of hydrogen-bond donors (Lipinski definition) is 1. The first-order chi connectivity index (χ1) is 10.5. The summed E-state index contributed by atoms with van der Waals surface area (Å²) in [6, 6.07) is 0. The van der Waals surface area contributed by atoms with Crippen LogP contribution in [0.2, 0.25) is 0 Å². The van der Waals surface area contributed by atoms with Crippen molar-refractivity contribution in [1.82, 2.24) is 19.5 Å². The van der Waals surface area contributed by atoms with Gasteiger partial charge in [0.2, 0.25) is 0 Å². The van der Waals surface area contributed by atoms with Crippen LogP contribution in [0.25, 0.3) is 11.2 Å². The van der Waals surface area contributed by atoms with Gasteiger partial charge in [-0.15, -0.1) is 0 Å². The van der Waals surface area contributed by atoms with Crippen LogP contribution in [0.5, 0.6) is 0 Å². The molecular formula is C13H15N5O3S. The molecule has 5 heterocycles. The molecule has 0 aromatic carbocycles. The number of rotatable bonds is 0. The second-order valence-electron chi connectivity index (χ2n) is 6.14. The second-order valence-corrected chi connectivity index (χ2v) is 7.12. The number of hydrogen-bond acceptors (Lipinski definition) is 8. The predicted octanol–water partition coefficient (Wildman–Crippen LogP) is 0.932. The molecule has 4 atom stereocenters. The molecule has 2 saturated heterocycles. The maximum Gasteiger partial charge on any atom is 0.172 e. The SMILES string of the molecule is CC1(C)O[C@@H]2[C@H](O1)[C@H]1CSc3nc4c(N)ncnc4n3[C@@H]2O1. The summed E-state index contributed by atoms with van der Waals surface area (Å²) in [6.07, 6.45) is 0.881. The lowest BCUT2D eigenvalue weighted by molar-refractivity contribution is -0.193. The maximum absolute atomic E-state index is 6.17. The van der Waals surface area contributed by atoms with E-state index < -0.39 is 5.79 Å². The van der Waals surface area contributed by atoms with Crippen LogP contribution in [0.3, 0.4) is 0 Å². The number of nitrogens with two attached hydrogens (primary N) is 1. The molecule has 22 heavy (non-hydrogen) atoms. The van der Waals surface area contributed by atoms with Gasteiger partial charge in [-0.2, -0.15) is 0 Å². The number of nitrogen functional groups attached to an aromatic ring is 1. The number of imidazole rings is 1. The van der Waals surface area contributed by atoms with Crippen molar-refractivity contribution >= 4 is 28.7 Å². The quantitative estimate of drug-likeness (QED) is 0.765. The Morgan fingerprint density at radius 3 is 3.00 bits per heavy atom. The standard InChI is InChI=1S/C13H15N5O3S/c1-13(2)20-7-5-3-22-12-17-6-9(14)15-4-16-10(6)18(12)11(19-5)8(7)21-13/h4-5,7-8,11H,3H2,1-2H3,(H2,14,15,16)/t5-,7-,8-,11-/m1/s1. The van der Waals surface area contributed by atoms with Crippen LogP contribution in [-0.4, -0.2) is 49.4 Å². The molecule has 0 aliphatic carbocycles. The second kappa shape index (κ2) is 4.10. The third-order valence-corrected chi connectivity index (χ3v) is 5.27. The molecule has 116 valence electrons. The lowest BCUT2D eigenvalue weighted by atomic mass is 10.1. The average molecular weight is 321 g/mol. The summed E-state index contributed by atoms with van der Waals surface area (Å²) >= 11 is 1.62. The van der Waals surface area contributed by atoms with E-state index in [1.54, 1.807) is 11.8 Å². The first kappa shape index (κ1) is 13.1. The molecule has 2 aromatic rings. The minimum atomic E-state index is -0.602. The van der Waals surface area contributed by atoms with Crippen LogP contribution in [0.15, 0.2) is 11.5 Å². The van der Waals surface area contributed by atoms with Crippen molar-refractivity contribution in [2.24, 2.45) is 0 Å². The average Bonchev–Trinajstić information content (AvgIpc) is 3.02. The summed E-state index contributed by atoms with van der Waals surface area (Å²) in [7, 11) is 0. The van der Waals surface area contributed by atoms with E-state index in [0.717, 1.165) is 10.9 Å². The van der Waals surface area contributed by atoms with Crippen LogP contribution < -0.4 is 5.73 Å². The Balaban J connectivity index is 1.70. The number of ether oxygens (including phenoxy) is 3. The zero-order chi connectivity index (χ0) is 15.1. The summed E-state index contributed by atoms with van der Waals surface area (Å²) in [4.78, 5) is 12.9. The van der Waals surface area contributed by atoms with Crippen molar-refractivity contribution in [1.29, 1.82) is 0 Å². The maximum atomic E-state index is 6.17. The molecule has 2 aromatic heterocycles. The first-order valence-electron chi connectivity index (χ1n) is 7.16.